The summed E-state index contributed by atoms with van der Waals surface area (Å²) in [4.78, 5) is 14.5. The van der Waals surface area contributed by atoms with E-state index in [0.717, 1.165) is 18.2 Å². The van der Waals surface area contributed by atoms with E-state index in [0.29, 0.717) is 11.4 Å². The van der Waals surface area contributed by atoms with Crippen LogP contribution in [0.15, 0.2) is 34.5 Å². The standard InChI is InChI=1S/C16H12F2N4O3/c1-8-12(6-19)15(13(7-20)9(2)21-8)11-5-10(22(23)24)3-4-14(11)25-16(17)18/h3-5,12,15-16H,1-2H3/t12?,15-/m0/s1. The minimum Gasteiger partial charge on any atom is -0.435 e. The highest BCUT2D eigenvalue weighted by Crippen LogP contribution is 2.43. The molecule has 0 spiro atoms. The van der Waals surface area contributed by atoms with E-state index in [1.807, 2.05) is 12.1 Å². The number of allylic oxidation sites excluding steroid dienone is 2. The molecule has 0 bridgehead atoms. The highest BCUT2D eigenvalue weighted by atomic mass is 19.3. The molecule has 2 atom stereocenters. The van der Waals surface area contributed by atoms with E-state index >= 15 is 0 Å². The summed E-state index contributed by atoms with van der Waals surface area (Å²) < 4.78 is 29.9. The Bertz CT molecular complexity index is 865. The van der Waals surface area contributed by atoms with Gasteiger partial charge in [-0.25, -0.2) is 0 Å². The molecule has 1 aliphatic heterocycles. The maximum atomic E-state index is 12.7. The third kappa shape index (κ3) is 3.45. The van der Waals surface area contributed by atoms with Crippen molar-refractivity contribution in [1.29, 1.82) is 10.5 Å². The number of aliphatic imine (C=N–C) groups is 1. The lowest BCUT2D eigenvalue weighted by Gasteiger charge is -2.27. The summed E-state index contributed by atoms with van der Waals surface area (Å²) in [6, 6.07) is 7.03. The molecule has 0 saturated heterocycles. The molecule has 9 heteroatoms. The fourth-order valence-corrected chi connectivity index (χ4v) is 2.78. The first-order chi connectivity index (χ1) is 11.8. The van der Waals surface area contributed by atoms with Gasteiger partial charge < -0.3 is 4.74 Å². The van der Waals surface area contributed by atoms with Gasteiger partial charge in [0.1, 0.15) is 5.75 Å². The molecule has 0 radical (unpaired) electrons. The van der Waals surface area contributed by atoms with E-state index < -0.39 is 23.4 Å². The quantitative estimate of drug-likeness (QED) is 0.609. The van der Waals surface area contributed by atoms with E-state index in [2.05, 4.69) is 9.73 Å². The number of rotatable bonds is 4. The van der Waals surface area contributed by atoms with Crippen molar-refractivity contribution in [1.82, 2.24) is 0 Å². The Morgan fingerprint density at radius 2 is 2.04 bits per heavy atom. The molecule has 0 aromatic heterocycles. The van der Waals surface area contributed by atoms with Gasteiger partial charge in [-0.05, 0) is 19.9 Å². The second kappa shape index (κ2) is 7.05. The van der Waals surface area contributed by atoms with E-state index in [1.165, 1.54) is 0 Å². The Morgan fingerprint density at radius 3 is 2.56 bits per heavy atom. The molecule has 0 saturated carbocycles. The lowest BCUT2D eigenvalue weighted by molar-refractivity contribution is -0.385. The fraction of sp³-hybridized carbons (Fsp3) is 0.312. The molecule has 1 heterocycles. The van der Waals surface area contributed by atoms with Crippen molar-refractivity contribution in [3.63, 3.8) is 0 Å². The number of non-ortho nitro benzene ring substituents is 1. The second-order valence-corrected chi connectivity index (χ2v) is 5.31. The minimum atomic E-state index is -3.16. The third-order valence-electron chi connectivity index (χ3n) is 3.84. The van der Waals surface area contributed by atoms with Crippen molar-refractivity contribution in [2.75, 3.05) is 0 Å². The van der Waals surface area contributed by atoms with Gasteiger partial charge in [-0.2, -0.15) is 19.3 Å². The van der Waals surface area contributed by atoms with Crippen LogP contribution in [0, 0.1) is 38.7 Å². The molecule has 0 aliphatic carbocycles. The van der Waals surface area contributed by atoms with Crippen LogP contribution in [0.3, 0.4) is 0 Å². The molecular formula is C16H12F2N4O3. The zero-order chi connectivity index (χ0) is 18.7. The number of hydrogen-bond acceptors (Lipinski definition) is 6. The van der Waals surface area contributed by atoms with Crippen molar-refractivity contribution in [3.8, 4) is 17.9 Å². The highest BCUT2D eigenvalue weighted by molar-refractivity contribution is 5.90. The number of benzene rings is 1. The van der Waals surface area contributed by atoms with Crippen molar-refractivity contribution in [2.45, 2.75) is 26.4 Å². The van der Waals surface area contributed by atoms with Crippen LogP contribution in [0.5, 0.6) is 5.75 Å². The van der Waals surface area contributed by atoms with E-state index in [9.17, 15) is 29.4 Å². The maximum absolute atomic E-state index is 12.7. The molecule has 1 aliphatic rings. The van der Waals surface area contributed by atoms with Gasteiger partial charge in [0.15, 0.2) is 0 Å². The van der Waals surface area contributed by atoms with Gasteiger partial charge in [0.05, 0.1) is 34.2 Å². The lowest BCUT2D eigenvalue weighted by Crippen LogP contribution is -2.25. The first-order valence-corrected chi connectivity index (χ1v) is 7.09. The van der Waals surface area contributed by atoms with Crippen LogP contribution in [0.25, 0.3) is 0 Å². The van der Waals surface area contributed by atoms with Gasteiger partial charge in [-0.3, -0.25) is 15.1 Å². The summed E-state index contributed by atoms with van der Waals surface area (Å²) in [5, 5.41) is 29.9. The van der Waals surface area contributed by atoms with Gasteiger partial charge in [0.25, 0.3) is 5.69 Å². The molecule has 0 fully saturated rings. The van der Waals surface area contributed by atoms with Gasteiger partial charge in [-0.1, -0.05) is 0 Å². The van der Waals surface area contributed by atoms with Gasteiger partial charge in [0.2, 0.25) is 0 Å². The van der Waals surface area contributed by atoms with Crippen LogP contribution in [-0.2, 0) is 0 Å². The second-order valence-electron chi connectivity index (χ2n) is 5.31. The molecule has 25 heavy (non-hydrogen) atoms. The van der Waals surface area contributed by atoms with Crippen LogP contribution >= 0.6 is 0 Å². The molecular weight excluding hydrogens is 334 g/mol. The van der Waals surface area contributed by atoms with Gasteiger partial charge in [-0.15, -0.1) is 0 Å². The summed E-state index contributed by atoms with van der Waals surface area (Å²) in [6.45, 7) is -0.0355. The number of halogens is 2. The first-order valence-electron chi connectivity index (χ1n) is 7.09. The monoisotopic (exact) mass is 346 g/mol. The van der Waals surface area contributed by atoms with Crippen LogP contribution < -0.4 is 4.74 Å². The Balaban J connectivity index is 2.74. The van der Waals surface area contributed by atoms with Crippen LogP contribution in [0.1, 0.15) is 25.3 Å². The third-order valence-corrected chi connectivity index (χ3v) is 3.84. The molecule has 0 N–H and O–H groups in total. The van der Waals surface area contributed by atoms with Crippen LogP contribution in [0.2, 0.25) is 0 Å². The van der Waals surface area contributed by atoms with Gasteiger partial charge >= 0.3 is 6.61 Å². The fourth-order valence-electron chi connectivity index (χ4n) is 2.78. The summed E-state index contributed by atoms with van der Waals surface area (Å²) in [5.41, 5.74) is 0.413. The minimum absolute atomic E-state index is 0.0220. The predicted octanol–water partition coefficient (Wildman–Crippen LogP) is 3.69. The topological polar surface area (TPSA) is 112 Å². The van der Waals surface area contributed by atoms with Crippen molar-refractivity contribution >= 4 is 11.4 Å². The summed E-state index contributed by atoms with van der Waals surface area (Å²) >= 11 is 0. The molecule has 1 unspecified atom stereocenters. The van der Waals surface area contributed by atoms with Crippen molar-refractivity contribution in [3.05, 3.63) is 45.1 Å². The predicted molar refractivity (Wildman–Crippen MR) is 83.0 cm³/mol. The Hall–Kier alpha value is -3.33. The molecule has 2 rings (SSSR count). The number of nitro benzene ring substituents is 1. The zero-order valence-corrected chi connectivity index (χ0v) is 13.2. The zero-order valence-electron chi connectivity index (χ0n) is 13.2. The molecule has 1 aromatic rings. The number of nitriles is 2. The number of alkyl halides is 2. The Morgan fingerprint density at radius 1 is 1.36 bits per heavy atom. The van der Waals surface area contributed by atoms with E-state index in [1.54, 1.807) is 13.8 Å². The Labute approximate surface area is 141 Å². The Kier molecular flexibility index (Phi) is 5.08. The molecule has 0 amide bonds. The number of nitro groups is 1. The number of nitrogens with zero attached hydrogens (tertiary/aromatic N) is 4. The number of ether oxygens (including phenoxy) is 1. The average Bonchev–Trinajstić information content (AvgIpc) is 2.54. The van der Waals surface area contributed by atoms with Crippen LogP contribution in [0.4, 0.5) is 14.5 Å². The highest BCUT2D eigenvalue weighted by Gasteiger charge is 2.37. The number of hydrogen-bond donors (Lipinski definition) is 0. The lowest BCUT2D eigenvalue weighted by atomic mass is 9.76. The maximum Gasteiger partial charge on any atom is 0.387 e. The van der Waals surface area contributed by atoms with E-state index in [-0.39, 0.29) is 22.6 Å². The summed E-state index contributed by atoms with van der Waals surface area (Å²) in [7, 11) is 0. The molecule has 1 aromatic carbocycles. The molecule has 7 nitrogen and oxygen atoms in total. The first kappa shape index (κ1) is 18.0. The average molecular weight is 346 g/mol. The smallest absolute Gasteiger partial charge is 0.387 e. The molecule has 128 valence electrons. The van der Waals surface area contributed by atoms with Gasteiger partial charge in [0, 0.05) is 29.3 Å². The largest absolute Gasteiger partial charge is 0.435 e. The normalized spacial score (nSPS) is 19.9. The summed E-state index contributed by atoms with van der Waals surface area (Å²) in [5.74, 6) is -2.23. The van der Waals surface area contributed by atoms with E-state index in [4.69, 9.17) is 0 Å². The van der Waals surface area contributed by atoms with Crippen molar-refractivity contribution < 1.29 is 18.4 Å². The van der Waals surface area contributed by atoms with Crippen molar-refractivity contribution in [2.24, 2.45) is 10.9 Å². The SMILES string of the molecule is CC1=NC(C)=C(C#N)[C@@H](c2cc([N+](=O)[O-])ccc2OC(F)F)C1C#N. The summed E-state index contributed by atoms with van der Waals surface area (Å²) in [6.07, 6.45) is 0. The van der Waals surface area contributed by atoms with Crippen LogP contribution in [-0.4, -0.2) is 17.2 Å².